The second kappa shape index (κ2) is 10.8. The Labute approximate surface area is 258 Å². The largest absolute Gasteiger partial charge is 0.508 e. The number of aromatic hydroxyl groups is 1. The van der Waals surface area contributed by atoms with Crippen molar-refractivity contribution in [2.75, 3.05) is 44.2 Å². The first-order valence-corrected chi connectivity index (χ1v) is 15.9. The Hall–Kier alpha value is -3.63. The summed E-state index contributed by atoms with van der Waals surface area (Å²) in [6.07, 6.45) is 7.50. The summed E-state index contributed by atoms with van der Waals surface area (Å²) in [5, 5.41) is 15.6. The molecule has 1 aliphatic carbocycles. The van der Waals surface area contributed by atoms with Crippen LogP contribution in [0.5, 0.6) is 11.8 Å². The van der Waals surface area contributed by atoms with Crippen molar-refractivity contribution in [1.29, 1.82) is 0 Å². The van der Waals surface area contributed by atoms with Crippen molar-refractivity contribution in [2.45, 2.75) is 64.0 Å². The molecule has 2 unspecified atom stereocenters. The van der Waals surface area contributed by atoms with Gasteiger partial charge in [0.2, 0.25) is 0 Å². The van der Waals surface area contributed by atoms with Gasteiger partial charge >= 0.3 is 6.01 Å². The van der Waals surface area contributed by atoms with Gasteiger partial charge in [0.1, 0.15) is 28.6 Å². The van der Waals surface area contributed by atoms with E-state index < -0.39 is 23.6 Å². The molecule has 0 radical (unpaired) electrons. The summed E-state index contributed by atoms with van der Waals surface area (Å²) in [5.74, 6) is -0.802. The second-order valence-electron chi connectivity index (χ2n) is 12.9. The van der Waals surface area contributed by atoms with E-state index in [-0.39, 0.29) is 40.6 Å². The normalized spacial score (nSPS) is 23.8. The number of phenols is 1. The van der Waals surface area contributed by atoms with Crippen molar-refractivity contribution >= 4 is 27.5 Å². The number of phenolic OH excluding ortho intramolecular Hbond substituents is 1. The zero-order valence-corrected chi connectivity index (χ0v) is 24.9. The van der Waals surface area contributed by atoms with Crippen LogP contribution < -0.4 is 15.0 Å². The molecule has 0 amide bonds. The predicted octanol–water partition coefficient (Wildman–Crippen LogP) is 5.59. The molecule has 2 atom stereocenters. The summed E-state index contributed by atoms with van der Waals surface area (Å²) >= 11 is 0. The van der Waals surface area contributed by atoms with Crippen LogP contribution in [0.1, 0.15) is 53.8 Å². The third kappa shape index (κ3) is 4.83. The minimum Gasteiger partial charge on any atom is -0.508 e. The molecule has 4 aliphatic heterocycles. The van der Waals surface area contributed by atoms with E-state index in [9.17, 15) is 9.50 Å². The Kier molecular flexibility index (Phi) is 6.28. The molecule has 0 spiro atoms. The van der Waals surface area contributed by atoms with Gasteiger partial charge in [-0.2, -0.15) is 9.97 Å². The van der Waals surface area contributed by atoms with Crippen LogP contribution in [0, 0.1) is 17.0 Å². The average molecular weight is 603 g/mol. The fourth-order valence-corrected chi connectivity index (χ4v) is 7.44. The molecule has 9 rings (SSSR count). The number of aromatic nitrogens is 3. The molecular weight excluding hydrogens is 562 g/mol. The zero-order valence-electron chi connectivity index (χ0n) is 26.9. The number of aryl methyl sites for hydroxylation is 1. The number of nitrogens with zero attached hydrogens (tertiary/aromatic N) is 5. The highest BCUT2D eigenvalue weighted by molar-refractivity contribution is 6.01. The summed E-state index contributed by atoms with van der Waals surface area (Å²) in [7, 11) is 0. The van der Waals surface area contributed by atoms with Crippen molar-refractivity contribution in [1.82, 2.24) is 25.2 Å². The standard InChI is InChI=1S/C34H38F2N6O2/c1-2-24-27(35)8-5-20-13-23(43)14-25(28(20)24)30-29(36)31-26(16-38-30)32(42-17-21-6-7-22(42)15-37-21)40-33(39-31)44-19-34(9-10-34)18-41-11-3-4-12-41/h5,8,13-14,16,21-22,37,43H,2-4,6-7,9-12,15,17-19H2,1H3/i19D2. The summed E-state index contributed by atoms with van der Waals surface area (Å²) in [5.41, 5.74) is -0.147. The number of benzene rings is 2. The van der Waals surface area contributed by atoms with Gasteiger partial charge in [0, 0.05) is 48.9 Å². The molecule has 4 aromatic rings. The molecule has 5 fully saturated rings. The molecule has 2 N–H and O–H groups in total. The van der Waals surface area contributed by atoms with Crippen LogP contribution in [0.25, 0.3) is 32.9 Å². The Morgan fingerprint density at radius 1 is 1.16 bits per heavy atom. The lowest BCUT2D eigenvalue weighted by Gasteiger charge is -2.46. The van der Waals surface area contributed by atoms with Gasteiger partial charge < -0.3 is 25.0 Å². The van der Waals surface area contributed by atoms with Crippen molar-refractivity contribution in [2.24, 2.45) is 5.41 Å². The van der Waals surface area contributed by atoms with E-state index in [1.54, 1.807) is 6.07 Å². The average Bonchev–Trinajstić information content (AvgIpc) is 3.67. The van der Waals surface area contributed by atoms with Gasteiger partial charge in [0.05, 0.1) is 14.7 Å². The number of pyridine rings is 1. The van der Waals surface area contributed by atoms with Crippen LogP contribution in [0.15, 0.2) is 30.5 Å². The number of piperidine rings is 2. The van der Waals surface area contributed by atoms with Crippen LogP contribution in [-0.4, -0.2) is 76.3 Å². The maximum absolute atomic E-state index is 16.9. The molecule has 2 bridgehead atoms. The number of halogens is 2. The van der Waals surface area contributed by atoms with E-state index in [1.165, 1.54) is 24.4 Å². The van der Waals surface area contributed by atoms with Crippen molar-refractivity contribution < 1.29 is 21.4 Å². The zero-order chi connectivity index (χ0) is 31.8. The minimum atomic E-state index is -2.07. The number of rotatable bonds is 8. The molecule has 10 heteroatoms. The van der Waals surface area contributed by atoms with Gasteiger partial charge in [-0.25, -0.2) is 8.78 Å². The minimum absolute atomic E-state index is 0.0504. The maximum atomic E-state index is 16.9. The molecular formula is C34H38F2N6O2. The molecule has 2 aromatic heterocycles. The number of anilines is 1. The number of piperazine rings is 1. The first-order valence-electron chi connectivity index (χ1n) is 16.9. The van der Waals surface area contributed by atoms with Crippen LogP contribution in [-0.2, 0) is 6.42 Å². The third-order valence-corrected chi connectivity index (χ3v) is 9.96. The van der Waals surface area contributed by atoms with Gasteiger partial charge in [-0.1, -0.05) is 13.0 Å². The maximum Gasteiger partial charge on any atom is 0.319 e. The lowest BCUT2D eigenvalue weighted by Crippen LogP contribution is -2.61. The Morgan fingerprint density at radius 3 is 2.70 bits per heavy atom. The van der Waals surface area contributed by atoms with E-state index in [4.69, 9.17) is 12.5 Å². The third-order valence-electron chi connectivity index (χ3n) is 9.96. The molecule has 230 valence electrons. The fraction of sp³-hybridized carbons (Fsp3) is 0.500. The van der Waals surface area contributed by atoms with Gasteiger partial charge in [-0.15, -0.1) is 0 Å². The van der Waals surface area contributed by atoms with E-state index in [2.05, 4.69) is 25.1 Å². The van der Waals surface area contributed by atoms with Crippen molar-refractivity contribution in [3.05, 3.63) is 47.7 Å². The van der Waals surface area contributed by atoms with Crippen LogP contribution in [0.2, 0.25) is 0 Å². The number of hydrogen-bond acceptors (Lipinski definition) is 8. The van der Waals surface area contributed by atoms with E-state index in [0.29, 0.717) is 59.9 Å². The molecule has 4 saturated heterocycles. The topological polar surface area (TPSA) is 86.6 Å². The highest BCUT2D eigenvalue weighted by atomic mass is 19.1. The van der Waals surface area contributed by atoms with Gasteiger partial charge in [-0.05, 0) is 92.6 Å². The van der Waals surface area contributed by atoms with Crippen molar-refractivity contribution in [3.63, 3.8) is 0 Å². The first-order chi connectivity index (χ1) is 22.2. The van der Waals surface area contributed by atoms with Crippen LogP contribution in [0.3, 0.4) is 0 Å². The summed E-state index contributed by atoms with van der Waals surface area (Å²) < 4.78 is 56.1. The molecule has 1 saturated carbocycles. The Balaban J connectivity index is 1.28. The second-order valence-corrected chi connectivity index (χ2v) is 12.9. The summed E-state index contributed by atoms with van der Waals surface area (Å²) in [6, 6.07) is 6.02. The van der Waals surface area contributed by atoms with Crippen LogP contribution >= 0.6 is 0 Å². The Bertz CT molecular complexity index is 1840. The molecule has 44 heavy (non-hydrogen) atoms. The highest BCUT2D eigenvalue weighted by Gasteiger charge is 2.45. The summed E-state index contributed by atoms with van der Waals surface area (Å²) in [6.45, 7) is 3.70. The summed E-state index contributed by atoms with van der Waals surface area (Å²) in [4.78, 5) is 18.3. The van der Waals surface area contributed by atoms with E-state index in [1.807, 2.05) is 6.92 Å². The Morgan fingerprint density at radius 2 is 2.00 bits per heavy atom. The van der Waals surface area contributed by atoms with Gasteiger partial charge in [0.25, 0.3) is 0 Å². The number of likely N-dealkylation sites (tertiary alicyclic amines) is 1. The van der Waals surface area contributed by atoms with Crippen LogP contribution in [0.4, 0.5) is 14.6 Å². The monoisotopic (exact) mass is 602 g/mol. The number of ether oxygens (including phenoxy) is 1. The lowest BCUT2D eigenvalue weighted by molar-refractivity contribution is 0.170. The predicted molar refractivity (Wildman–Crippen MR) is 166 cm³/mol. The number of hydrogen-bond donors (Lipinski definition) is 2. The highest BCUT2D eigenvalue weighted by Crippen LogP contribution is 2.47. The number of nitrogens with one attached hydrogen (secondary N) is 1. The smallest absolute Gasteiger partial charge is 0.319 e. The molecule has 6 heterocycles. The number of fused-ring (bicyclic) bond motifs is 5. The van der Waals surface area contributed by atoms with Crippen molar-refractivity contribution in [3.8, 4) is 23.0 Å². The van der Waals surface area contributed by atoms with E-state index in [0.717, 1.165) is 45.3 Å². The first kappa shape index (κ1) is 25.7. The fourth-order valence-electron chi connectivity index (χ4n) is 7.44. The molecule has 5 aliphatic rings. The molecule has 8 nitrogen and oxygen atoms in total. The lowest BCUT2D eigenvalue weighted by atomic mass is 9.92. The molecule has 2 aromatic carbocycles. The SMILES string of the molecule is [2H]C([2H])(Oc1nc(N2CC3CCC2CN3)c2cnc(-c3cc(O)cc4ccc(F)c(CC)c34)c(F)c2n1)C1(CN2CCCC2)CC1. The van der Waals surface area contributed by atoms with Gasteiger partial charge in [-0.3, -0.25) is 4.98 Å². The quantitative estimate of drug-likeness (QED) is 0.270. The van der Waals surface area contributed by atoms with Gasteiger partial charge in [0.15, 0.2) is 5.82 Å². The van der Waals surface area contributed by atoms with E-state index >= 15 is 4.39 Å².